The van der Waals surface area contributed by atoms with Crippen LogP contribution in [0.15, 0.2) is 88.1 Å². The molecule has 0 unspecified atom stereocenters. The molecule has 34 heavy (non-hydrogen) atoms. The standard InChI is InChI=1S/C27H20N2O5/c1-17-19-11-7-8-14-23(19)34-25(17)22(30)16-33-27(32)24-20-12-5-6-13-21(20)26(31)29(28-24)15-18-9-3-2-4-10-18/h2-14H,15-16H2,1H3. The maximum Gasteiger partial charge on any atom is 0.359 e. The molecule has 0 aliphatic carbocycles. The molecule has 0 radical (unpaired) electrons. The number of aromatic nitrogens is 2. The highest BCUT2D eigenvalue weighted by atomic mass is 16.5. The summed E-state index contributed by atoms with van der Waals surface area (Å²) in [5.41, 5.74) is 1.81. The first-order chi connectivity index (χ1) is 16.5. The van der Waals surface area contributed by atoms with Gasteiger partial charge < -0.3 is 9.15 Å². The molecule has 0 bridgehead atoms. The van der Waals surface area contributed by atoms with Crippen molar-refractivity contribution >= 4 is 33.5 Å². The third-order valence-corrected chi connectivity index (χ3v) is 5.67. The number of benzene rings is 3. The Kier molecular flexibility index (Phi) is 5.51. The maximum absolute atomic E-state index is 13.0. The average molecular weight is 452 g/mol. The minimum Gasteiger partial charge on any atom is -0.453 e. The number of ketones is 1. The number of hydrogen-bond donors (Lipinski definition) is 0. The third-order valence-electron chi connectivity index (χ3n) is 5.67. The lowest BCUT2D eigenvalue weighted by atomic mass is 10.1. The zero-order valence-corrected chi connectivity index (χ0v) is 18.4. The van der Waals surface area contributed by atoms with E-state index < -0.39 is 18.4 Å². The lowest BCUT2D eigenvalue weighted by Gasteiger charge is -2.11. The van der Waals surface area contributed by atoms with Gasteiger partial charge in [0.05, 0.1) is 11.9 Å². The fourth-order valence-electron chi connectivity index (χ4n) is 3.95. The van der Waals surface area contributed by atoms with Crippen LogP contribution in [0.3, 0.4) is 0 Å². The molecule has 5 aromatic rings. The highest BCUT2D eigenvalue weighted by Gasteiger charge is 2.22. The molecular weight excluding hydrogens is 432 g/mol. The Hall–Kier alpha value is -4.52. The molecule has 0 aliphatic rings. The van der Waals surface area contributed by atoms with E-state index in [1.54, 1.807) is 37.3 Å². The largest absolute Gasteiger partial charge is 0.453 e. The number of carbonyl (C=O) groups is 2. The van der Waals surface area contributed by atoms with Crippen molar-refractivity contribution in [2.45, 2.75) is 13.5 Å². The summed E-state index contributed by atoms with van der Waals surface area (Å²) in [6.45, 7) is 1.48. The number of rotatable bonds is 6. The van der Waals surface area contributed by atoms with Gasteiger partial charge in [0.2, 0.25) is 5.78 Å². The highest BCUT2D eigenvalue weighted by Crippen LogP contribution is 2.25. The van der Waals surface area contributed by atoms with Crippen LogP contribution < -0.4 is 5.56 Å². The van der Waals surface area contributed by atoms with E-state index in [-0.39, 0.29) is 23.6 Å². The quantitative estimate of drug-likeness (QED) is 0.278. The molecule has 7 heteroatoms. The molecule has 0 spiro atoms. The molecule has 168 valence electrons. The van der Waals surface area contributed by atoms with Gasteiger partial charge in [-0.2, -0.15) is 5.10 Å². The topological polar surface area (TPSA) is 91.4 Å². The zero-order valence-electron chi connectivity index (χ0n) is 18.4. The van der Waals surface area contributed by atoms with Crippen LogP contribution in [0.4, 0.5) is 0 Å². The SMILES string of the molecule is Cc1c(C(=O)COC(=O)c2nn(Cc3ccccc3)c(=O)c3ccccc23)oc2ccccc12. The lowest BCUT2D eigenvalue weighted by molar-refractivity contribution is 0.0462. The van der Waals surface area contributed by atoms with Crippen molar-refractivity contribution in [2.75, 3.05) is 6.61 Å². The van der Waals surface area contributed by atoms with Crippen molar-refractivity contribution in [1.29, 1.82) is 0 Å². The summed E-state index contributed by atoms with van der Waals surface area (Å²) in [5, 5.41) is 5.84. The predicted molar refractivity (Wildman–Crippen MR) is 127 cm³/mol. The van der Waals surface area contributed by atoms with Gasteiger partial charge in [0.25, 0.3) is 5.56 Å². The molecule has 3 aromatic carbocycles. The van der Waals surface area contributed by atoms with Crippen LogP contribution in [0.5, 0.6) is 0 Å². The Morgan fingerprint density at radius 1 is 0.882 bits per heavy atom. The number of esters is 1. The van der Waals surface area contributed by atoms with Crippen molar-refractivity contribution in [3.8, 4) is 0 Å². The summed E-state index contributed by atoms with van der Waals surface area (Å²) in [5.74, 6) is -1.09. The van der Waals surface area contributed by atoms with E-state index in [9.17, 15) is 14.4 Å². The van der Waals surface area contributed by atoms with Gasteiger partial charge in [-0.15, -0.1) is 0 Å². The number of carbonyl (C=O) groups excluding carboxylic acids is 2. The van der Waals surface area contributed by atoms with Crippen LogP contribution in [0, 0.1) is 6.92 Å². The van der Waals surface area contributed by atoms with Crippen molar-refractivity contribution in [3.63, 3.8) is 0 Å². The first kappa shape index (κ1) is 21.3. The Bertz CT molecular complexity index is 1600. The van der Waals surface area contributed by atoms with Crippen LogP contribution in [0.25, 0.3) is 21.7 Å². The van der Waals surface area contributed by atoms with Crippen molar-refractivity contribution in [2.24, 2.45) is 0 Å². The lowest BCUT2D eigenvalue weighted by Crippen LogP contribution is -2.27. The van der Waals surface area contributed by atoms with Gasteiger partial charge >= 0.3 is 5.97 Å². The fourth-order valence-corrected chi connectivity index (χ4v) is 3.95. The summed E-state index contributed by atoms with van der Waals surface area (Å²) in [7, 11) is 0. The number of nitrogens with zero attached hydrogens (tertiary/aromatic N) is 2. The summed E-state index contributed by atoms with van der Waals surface area (Å²) >= 11 is 0. The van der Waals surface area contributed by atoms with Gasteiger partial charge in [-0.3, -0.25) is 9.59 Å². The molecule has 0 aliphatic heterocycles. The smallest absolute Gasteiger partial charge is 0.359 e. The second-order valence-electron chi connectivity index (χ2n) is 7.89. The Morgan fingerprint density at radius 3 is 2.26 bits per heavy atom. The average Bonchev–Trinajstić information content (AvgIpc) is 3.21. The third kappa shape index (κ3) is 3.88. The Balaban J connectivity index is 1.44. The zero-order chi connectivity index (χ0) is 23.7. The molecule has 7 nitrogen and oxygen atoms in total. The monoisotopic (exact) mass is 452 g/mol. The van der Waals surface area contributed by atoms with Gasteiger partial charge in [-0.05, 0) is 24.6 Å². The molecule has 0 saturated heterocycles. The Labute approximate surface area is 194 Å². The molecule has 0 saturated carbocycles. The number of fused-ring (bicyclic) bond motifs is 2. The van der Waals surface area contributed by atoms with E-state index >= 15 is 0 Å². The molecule has 5 rings (SSSR count). The van der Waals surface area contributed by atoms with Crippen molar-refractivity contribution in [1.82, 2.24) is 9.78 Å². The summed E-state index contributed by atoms with van der Waals surface area (Å²) < 4.78 is 12.2. The first-order valence-electron chi connectivity index (χ1n) is 10.7. The van der Waals surface area contributed by atoms with Crippen molar-refractivity contribution < 1.29 is 18.7 Å². The highest BCUT2D eigenvalue weighted by molar-refractivity contribution is 6.05. The molecule has 0 amide bonds. The van der Waals surface area contributed by atoms with Crippen LogP contribution in [-0.4, -0.2) is 28.1 Å². The molecular formula is C27H20N2O5. The van der Waals surface area contributed by atoms with Crippen LogP contribution >= 0.6 is 0 Å². The van der Waals surface area contributed by atoms with Gasteiger partial charge in [0, 0.05) is 16.3 Å². The van der Waals surface area contributed by atoms with E-state index in [1.165, 1.54) is 4.68 Å². The molecule has 2 aromatic heterocycles. The van der Waals surface area contributed by atoms with Crippen LogP contribution in [0.2, 0.25) is 0 Å². The minimum absolute atomic E-state index is 0.0275. The normalized spacial score (nSPS) is 11.1. The number of para-hydroxylation sites is 1. The van der Waals surface area contributed by atoms with E-state index in [1.807, 2.05) is 48.5 Å². The first-order valence-corrected chi connectivity index (χ1v) is 10.7. The summed E-state index contributed by atoms with van der Waals surface area (Å²) in [4.78, 5) is 38.7. The summed E-state index contributed by atoms with van der Waals surface area (Å²) in [6.07, 6.45) is 0. The van der Waals surface area contributed by atoms with Gasteiger partial charge in [-0.1, -0.05) is 66.7 Å². The van der Waals surface area contributed by atoms with E-state index in [4.69, 9.17) is 9.15 Å². The molecule has 0 N–H and O–H groups in total. The molecule has 0 fully saturated rings. The molecule has 2 heterocycles. The number of aryl methyl sites for hydroxylation is 1. The number of ether oxygens (including phenoxy) is 1. The molecule has 0 atom stereocenters. The minimum atomic E-state index is -0.792. The van der Waals surface area contributed by atoms with Gasteiger partial charge in [-0.25, -0.2) is 9.48 Å². The maximum atomic E-state index is 13.0. The summed E-state index contributed by atoms with van der Waals surface area (Å²) in [6, 6.07) is 23.4. The predicted octanol–water partition coefficient (Wildman–Crippen LogP) is 4.54. The van der Waals surface area contributed by atoms with Gasteiger partial charge in [0.15, 0.2) is 18.1 Å². The van der Waals surface area contributed by atoms with E-state index in [0.717, 1.165) is 10.9 Å². The Morgan fingerprint density at radius 2 is 1.53 bits per heavy atom. The van der Waals surface area contributed by atoms with E-state index in [2.05, 4.69) is 5.10 Å². The van der Waals surface area contributed by atoms with Crippen LogP contribution in [0.1, 0.15) is 32.2 Å². The fraction of sp³-hybridized carbons (Fsp3) is 0.111. The number of hydrogen-bond acceptors (Lipinski definition) is 6. The second kappa shape index (κ2) is 8.78. The van der Waals surface area contributed by atoms with Gasteiger partial charge in [0.1, 0.15) is 5.58 Å². The van der Waals surface area contributed by atoms with Crippen molar-refractivity contribution in [3.05, 3.63) is 112 Å². The van der Waals surface area contributed by atoms with E-state index in [0.29, 0.717) is 21.9 Å². The number of furan rings is 1. The van der Waals surface area contributed by atoms with Crippen LogP contribution in [-0.2, 0) is 11.3 Å². The number of Topliss-reactive ketones (excluding diaryl/α,β-unsaturated/α-hetero) is 1. The second-order valence-corrected chi connectivity index (χ2v) is 7.89.